The van der Waals surface area contributed by atoms with Crippen LogP contribution in [0.4, 0.5) is 0 Å². The maximum atomic E-state index is 13.1. The Morgan fingerprint density at radius 2 is 2.00 bits per heavy atom. The highest BCUT2D eigenvalue weighted by molar-refractivity contribution is 7.53. The maximum absolute atomic E-state index is 13.1. The summed E-state index contributed by atoms with van der Waals surface area (Å²) in [6.45, 7) is 15.9. The van der Waals surface area contributed by atoms with Gasteiger partial charge in [0.05, 0.1) is 12.7 Å². The van der Waals surface area contributed by atoms with Gasteiger partial charge in [-0.1, -0.05) is 32.6 Å². The first-order valence-electron chi connectivity index (χ1n) is 11.4. The molecule has 0 bridgehead atoms. The quantitative estimate of drug-likeness (QED) is 0.240. The molecule has 0 saturated carbocycles. The summed E-state index contributed by atoms with van der Waals surface area (Å²) in [7, 11) is -3.42. The number of aryl methyl sites for hydroxylation is 2. The SMILES string of the molecule is C=N/C=C\C(=C)[C@@H]1CCO[P@@](=O)(COc2cc(C)c(Cc3ccc(O)c(C(C)C)c3)c(C)c2)O1. The number of benzene rings is 2. The lowest BCUT2D eigenvalue weighted by Gasteiger charge is -2.30. The lowest BCUT2D eigenvalue weighted by molar-refractivity contribution is 0.0933. The number of rotatable bonds is 9. The average molecular weight is 484 g/mol. The van der Waals surface area contributed by atoms with Gasteiger partial charge in [-0.25, -0.2) is 0 Å². The van der Waals surface area contributed by atoms with Crippen molar-refractivity contribution in [1.29, 1.82) is 0 Å². The summed E-state index contributed by atoms with van der Waals surface area (Å²) in [6, 6.07) is 9.67. The Hall–Kier alpha value is -2.66. The second-order valence-corrected chi connectivity index (χ2v) is 10.9. The first-order valence-corrected chi connectivity index (χ1v) is 13.1. The number of phenolic OH excluding ortho intramolecular Hbond substituents is 1. The van der Waals surface area contributed by atoms with Crippen LogP contribution in [-0.4, -0.2) is 30.9 Å². The van der Waals surface area contributed by atoms with E-state index in [1.165, 1.54) is 11.8 Å². The van der Waals surface area contributed by atoms with Crippen molar-refractivity contribution < 1.29 is 23.5 Å². The topological polar surface area (TPSA) is 77.4 Å². The van der Waals surface area contributed by atoms with Gasteiger partial charge in [-0.2, -0.15) is 0 Å². The third-order valence-corrected chi connectivity index (χ3v) is 7.51. The lowest BCUT2D eigenvalue weighted by atomic mass is 9.93. The van der Waals surface area contributed by atoms with Crippen LogP contribution in [0.2, 0.25) is 0 Å². The van der Waals surface area contributed by atoms with Crippen LogP contribution < -0.4 is 4.74 Å². The Labute approximate surface area is 202 Å². The van der Waals surface area contributed by atoms with E-state index in [0.717, 1.165) is 28.7 Å². The zero-order chi connectivity index (χ0) is 24.9. The molecule has 182 valence electrons. The summed E-state index contributed by atoms with van der Waals surface area (Å²) >= 11 is 0. The van der Waals surface area contributed by atoms with Crippen molar-refractivity contribution in [1.82, 2.24) is 0 Å². The number of ether oxygens (including phenoxy) is 1. The molecule has 6 nitrogen and oxygen atoms in total. The normalized spacial score (nSPS) is 20.6. The van der Waals surface area contributed by atoms with Crippen LogP contribution in [0.15, 0.2) is 59.8 Å². The molecule has 0 spiro atoms. The molecule has 0 amide bonds. The summed E-state index contributed by atoms with van der Waals surface area (Å²) in [6.07, 6.45) is 3.95. The first kappa shape index (κ1) is 26.0. The monoisotopic (exact) mass is 483 g/mol. The van der Waals surface area contributed by atoms with E-state index in [9.17, 15) is 9.67 Å². The Morgan fingerprint density at radius 3 is 2.65 bits per heavy atom. The molecule has 1 heterocycles. The summed E-state index contributed by atoms with van der Waals surface area (Å²) in [4.78, 5) is 3.67. The highest BCUT2D eigenvalue weighted by atomic mass is 31.2. The van der Waals surface area contributed by atoms with Gasteiger partial charge in [0.15, 0.2) is 6.35 Å². The maximum Gasteiger partial charge on any atom is 0.368 e. The van der Waals surface area contributed by atoms with Gasteiger partial charge in [0.1, 0.15) is 11.5 Å². The predicted molar refractivity (Wildman–Crippen MR) is 137 cm³/mol. The molecule has 0 aromatic heterocycles. The fourth-order valence-electron chi connectivity index (χ4n) is 4.00. The molecule has 1 fully saturated rings. The standard InChI is InChI=1S/C27H34NO5P/c1-18(2)24-15-22(7-8-26(24)29)16-25-20(4)13-23(14-21(25)5)31-17-34(30)32-12-10-27(33-34)19(3)9-11-28-6/h7-9,11,13-15,18,27,29H,3,6,10,12,16-17H2,1-2,4-5H3/b11-9-/t27-,34-/m0/s1. The van der Waals surface area contributed by atoms with Gasteiger partial charge in [-0.15, -0.1) is 0 Å². The largest absolute Gasteiger partial charge is 0.508 e. The van der Waals surface area contributed by atoms with Crippen LogP contribution >= 0.6 is 7.60 Å². The van der Waals surface area contributed by atoms with E-state index in [1.807, 2.05) is 32.0 Å². The van der Waals surface area contributed by atoms with Gasteiger partial charge in [-0.3, -0.25) is 14.1 Å². The Balaban J connectivity index is 1.70. The molecule has 1 aliphatic rings. The van der Waals surface area contributed by atoms with Crippen molar-refractivity contribution in [3.8, 4) is 11.5 Å². The van der Waals surface area contributed by atoms with E-state index in [1.54, 1.807) is 12.1 Å². The highest BCUT2D eigenvalue weighted by Gasteiger charge is 2.35. The van der Waals surface area contributed by atoms with Crippen molar-refractivity contribution in [2.45, 2.75) is 52.6 Å². The minimum atomic E-state index is -3.42. The number of nitrogens with zero attached hydrogens (tertiary/aromatic N) is 1. The molecule has 0 aliphatic carbocycles. The van der Waals surface area contributed by atoms with Crippen molar-refractivity contribution >= 4 is 14.3 Å². The van der Waals surface area contributed by atoms with E-state index in [0.29, 0.717) is 30.1 Å². The van der Waals surface area contributed by atoms with Gasteiger partial charge in [0, 0.05) is 12.6 Å². The molecule has 1 N–H and O–H groups in total. The van der Waals surface area contributed by atoms with Crippen molar-refractivity contribution in [2.24, 2.45) is 4.99 Å². The third-order valence-electron chi connectivity index (χ3n) is 5.92. The first-order chi connectivity index (χ1) is 16.1. The number of phenols is 1. The number of hydrogen-bond donors (Lipinski definition) is 1. The second kappa shape index (κ2) is 11.2. The zero-order valence-corrected chi connectivity index (χ0v) is 21.3. The van der Waals surface area contributed by atoms with E-state index in [2.05, 4.69) is 38.2 Å². The molecule has 0 radical (unpaired) electrons. The van der Waals surface area contributed by atoms with Crippen molar-refractivity contribution in [3.05, 3.63) is 82.6 Å². The molecule has 3 rings (SSSR count). The third kappa shape index (κ3) is 6.47. The Morgan fingerprint density at radius 1 is 1.29 bits per heavy atom. The fraction of sp³-hybridized carbons (Fsp3) is 0.370. The predicted octanol–water partition coefficient (Wildman–Crippen LogP) is 6.83. The fourth-order valence-corrected chi connectivity index (χ4v) is 5.52. The molecular weight excluding hydrogens is 449 g/mol. The average Bonchev–Trinajstić information content (AvgIpc) is 2.79. The number of hydrogen-bond acceptors (Lipinski definition) is 6. The Kier molecular flexibility index (Phi) is 8.53. The lowest BCUT2D eigenvalue weighted by Crippen LogP contribution is -2.23. The van der Waals surface area contributed by atoms with Crippen LogP contribution in [0.25, 0.3) is 0 Å². The van der Waals surface area contributed by atoms with Crippen LogP contribution in [0.5, 0.6) is 11.5 Å². The molecule has 2 atom stereocenters. The smallest absolute Gasteiger partial charge is 0.368 e. The van der Waals surface area contributed by atoms with Crippen LogP contribution in [0.1, 0.15) is 54.0 Å². The second-order valence-electron chi connectivity index (χ2n) is 8.93. The molecule has 34 heavy (non-hydrogen) atoms. The molecule has 2 aromatic rings. The minimum Gasteiger partial charge on any atom is -0.508 e. The van der Waals surface area contributed by atoms with Crippen molar-refractivity contribution in [2.75, 3.05) is 13.0 Å². The van der Waals surface area contributed by atoms with Crippen LogP contribution in [-0.2, 0) is 20.0 Å². The van der Waals surface area contributed by atoms with Gasteiger partial charge < -0.3 is 14.4 Å². The summed E-state index contributed by atoms with van der Waals surface area (Å²) in [5.41, 5.74) is 6.10. The van der Waals surface area contributed by atoms with Crippen LogP contribution in [0.3, 0.4) is 0 Å². The zero-order valence-electron chi connectivity index (χ0n) is 20.4. The van der Waals surface area contributed by atoms with E-state index < -0.39 is 13.7 Å². The van der Waals surface area contributed by atoms with Gasteiger partial charge in [-0.05, 0) is 90.6 Å². The number of aliphatic imine (C=N–C) groups is 1. The number of aromatic hydroxyl groups is 1. The van der Waals surface area contributed by atoms with Gasteiger partial charge >= 0.3 is 7.60 Å². The summed E-state index contributed by atoms with van der Waals surface area (Å²) in [5.74, 6) is 1.19. The van der Waals surface area contributed by atoms with Gasteiger partial charge in [0.2, 0.25) is 0 Å². The Bertz CT molecular complexity index is 1110. The summed E-state index contributed by atoms with van der Waals surface area (Å²) in [5, 5.41) is 10.1. The molecule has 7 heteroatoms. The molecule has 0 unspecified atom stereocenters. The van der Waals surface area contributed by atoms with Crippen molar-refractivity contribution in [3.63, 3.8) is 0 Å². The van der Waals surface area contributed by atoms with Gasteiger partial charge in [0.25, 0.3) is 0 Å². The molecular formula is C27H34NO5P. The highest BCUT2D eigenvalue weighted by Crippen LogP contribution is 2.53. The van der Waals surface area contributed by atoms with Crippen LogP contribution in [0, 0.1) is 13.8 Å². The minimum absolute atomic E-state index is 0.172. The van der Waals surface area contributed by atoms with E-state index in [-0.39, 0.29) is 12.3 Å². The molecule has 2 aromatic carbocycles. The molecule has 1 saturated heterocycles. The summed E-state index contributed by atoms with van der Waals surface area (Å²) < 4.78 is 30.2. The van der Waals surface area contributed by atoms with E-state index in [4.69, 9.17) is 13.8 Å². The van der Waals surface area contributed by atoms with E-state index >= 15 is 0 Å². The molecule has 1 aliphatic heterocycles.